The van der Waals surface area contributed by atoms with Gasteiger partial charge < -0.3 is 14.8 Å². The summed E-state index contributed by atoms with van der Waals surface area (Å²) in [7, 11) is 0. The van der Waals surface area contributed by atoms with Crippen LogP contribution in [0.3, 0.4) is 0 Å². The van der Waals surface area contributed by atoms with Crippen LogP contribution < -0.4 is 14.8 Å². The fourth-order valence-electron chi connectivity index (χ4n) is 3.11. The van der Waals surface area contributed by atoms with Gasteiger partial charge in [0, 0.05) is 19.1 Å². The lowest BCUT2D eigenvalue weighted by molar-refractivity contribution is 0.169. The summed E-state index contributed by atoms with van der Waals surface area (Å²) in [5.41, 5.74) is 1.25. The number of nitrogens with zero attached hydrogens (tertiary/aromatic N) is 1. The van der Waals surface area contributed by atoms with Crippen molar-refractivity contribution in [1.29, 1.82) is 0 Å². The van der Waals surface area contributed by atoms with E-state index < -0.39 is 0 Å². The number of nitrogens with one attached hydrogen (secondary N) is 1. The normalized spacial score (nSPS) is 20.2. The summed E-state index contributed by atoms with van der Waals surface area (Å²) < 4.78 is 11.2. The maximum absolute atomic E-state index is 5.63. The fraction of sp³-hybridized carbons (Fsp3) is 0.647. The first kappa shape index (κ1) is 14.7. The Bertz CT molecular complexity index is 458. The molecule has 116 valence electrons. The van der Waals surface area contributed by atoms with E-state index in [1.54, 1.807) is 0 Å². The topological polar surface area (TPSA) is 33.7 Å². The summed E-state index contributed by atoms with van der Waals surface area (Å²) in [5, 5.41) is 3.57. The molecule has 1 N–H and O–H groups in total. The first-order valence-corrected chi connectivity index (χ1v) is 8.16. The van der Waals surface area contributed by atoms with Crippen molar-refractivity contribution in [2.45, 2.75) is 38.8 Å². The van der Waals surface area contributed by atoms with E-state index in [2.05, 4.69) is 29.3 Å². The zero-order chi connectivity index (χ0) is 14.5. The van der Waals surface area contributed by atoms with E-state index in [0.717, 1.165) is 24.6 Å². The third kappa shape index (κ3) is 3.89. The van der Waals surface area contributed by atoms with Gasteiger partial charge in [-0.3, -0.25) is 4.90 Å². The Kier molecular flexibility index (Phi) is 4.99. The van der Waals surface area contributed by atoms with E-state index in [9.17, 15) is 0 Å². The molecule has 1 aromatic rings. The molecule has 0 spiro atoms. The Labute approximate surface area is 127 Å². The number of hydrogen-bond donors (Lipinski definition) is 1. The third-order valence-electron chi connectivity index (χ3n) is 4.39. The lowest BCUT2D eigenvalue weighted by atomic mass is 10.1. The molecule has 2 aliphatic heterocycles. The molecule has 1 aromatic carbocycles. The highest BCUT2D eigenvalue weighted by Crippen LogP contribution is 2.30. The van der Waals surface area contributed by atoms with E-state index in [1.165, 1.54) is 37.9 Å². The number of hydrogen-bond acceptors (Lipinski definition) is 4. The van der Waals surface area contributed by atoms with Crippen molar-refractivity contribution < 1.29 is 9.47 Å². The van der Waals surface area contributed by atoms with Crippen LogP contribution in [0.5, 0.6) is 11.5 Å². The van der Waals surface area contributed by atoms with E-state index in [4.69, 9.17) is 9.47 Å². The molecule has 1 atom stereocenters. The fourth-order valence-corrected chi connectivity index (χ4v) is 3.11. The molecule has 1 saturated heterocycles. The predicted octanol–water partition coefficient (Wildman–Crippen LogP) is 2.42. The molecule has 2 aliphatic rings. The van der Waals surface area contributed by atoms with Crippen LogP contribution in [0.15, 0.2) is 18.2 Å². The van der Waals surface area contributed by atoms with Crippen LogP contribution in [0.1, 0.15) is 31.7 Å². The number of fused-ring (bicyclic) bond motifs is 1. The molecule has 4 heteroatoms. The Balaban J connectivity index is 1.46. The lowest BCUT2D eigenvalue weighted by Crippen LogP contribution is -2.42. The van der Waals surface area contributed by atoms with Crippen LogP contribution in [0, 0.1) is 0 Å². The van der Waals surface area contributed by atoms with Gasteiger partial charge in [-0.1, -0.05) is 12.5 Å². The van der Waals surface area contributed by atoms with E-state index in [0.29, 0.717) is 19.3 Å². The summed E-state index contributed by atoms with van der Waals surface area (Å²) in [6, 6.07) is 6.83. The van der Waals surface area contributed by atoms with Crippen molar-refractivity contribution >= 4 is 0 Å². The molecule has 1 fully saturated rings. The van der Waals surface area contributed by atoms with Crippen molar-refractivity contribution in [3.63, 3.8) is 0 Å². The minimum atomic E-state index is 0.613. The molecule has 0 bridgehead atoms. The maximum Gasteiger partial charge on any atom is 0.161 e. The van der Waals surface area contributed by atoms with Crippen molar-refractivity contribution in [1.82, 2.24) is 10.2 Å². The summed E-state index contributed by atoms with van der Waals surface area (Å²) >= 11 is 0. The van der Waals surface area contributed by atoms with Gasteiger partial charge in [0.15, 0.2) is 11.5 Å². The quantitative estimate of drug-likeness (QED) is 0.903. The number of benzene rings is 1. The number of likely N-dealkylation sites (tertiary alicyclic amines) is 1. The second kappa shape index (κ2) is 7.14. The SMILES string of the molecule is CC(CNCc1ccc2c(c1)OCCO2)N1CCCCC1. The number of piperidine rings is 1. The first-order valence-electron chi connectivity index (χ1n) is 8.16. The van der Waals surface area contributed by atoms with Gasteiger partial charge in [-0.05, 0) is 50.6 Å². The lowest BCUT2D eigenvalue weighted by Gasteiger charge is -2.32. The van der Waals surface area contributed by atoms with Gasteiger partial charge in [-0.15, -0.1) is 0 Å². The monoisotopic (exact) mass is 290 g/mol. The highest BCUT2D eigenvalue weighted by Gasteiger charge is 2.16. The van der Waals surface area contributed by atoms with Gasteiger partial charge in [-0.25, -0.2) is 0 Å². The molecule has 4 nitrogen and oxygen atoms in total. The van der Waals surface area contributed by atoms with Crippen molar-refractivity contribution in [2.75, 3.05) is 32.8 Å². The Morgan fingerprint density at radius 2 is 1.86 bits per heavy atom. The van der Waals surface area contributed by atoms with Gasteiger partial charge in [-0.2, -0.15) is 0 Å². The minimum absolute atomic E-state index is 0.613. The van der Waals surface area contributed by atoms with Crippen LogP contribution >= 0.6 is 0 Å². The Morgan fingerprint density at radius 3 is 2.67 bits per heavy atom. The second-order valence-corrected chi connectivity index (χ2v) is 6.05. The van der Waals surface area contributed by atoms with Crippen LogP contribution in [0.25, 0.3) is 0 Å². The average Bonchev–Trinajstić information content (AvgIpc) is 2.55. The Hall–Kier alpha value is -1.26. The maximum atomic E-state index is 5.63. The molecule has 0 radical (unpaired) electrons. The molecular formula is C17H26N2O2. The van der Waals surface area contributed by atoms with Gasteiger partial charge in [0.1, 0.15) is 13.2 Å². The van der Waals surface area contributed by atoms with E-state index in [-0.39, 0.29) is 0 Å². The smallest absolute Gasteiger partial charge is 0.161 e. The largest absolute Gasteiger partial charge is 0.486 e. The van der Waals surface area contributed by atoms with Gasteiger partial charge >= 0.3 is 0 Å². The van der Waals surface area contributed by atoms with Gasteiger partial charge in [0.2, 0.25) is 0 Å². The van der Waals surface area contributed by atoms with Gasteiger partial charge in [0.25, 0.3) is 0 Å². The second-order valence-electron chi connectivity index (χ2n) is 6.05. The first-order chi connectivity index (χ1) is 10.3. The Morgan fingerprint density at radius 1 is 1.10 bits per heavy atom. The molecule has 3 rings (SSSR count). The number of ether oxygens (including phenoxy) is 2. The summed E-state index contributed by atoms with van der Waals surface area (Å²) in [4.78, 5) is 2.60. The molecule has 1 unspecified atom stereocenters. The molecule has 0 aliphatic carbocycles. The zero-order valence-electron chi connectivity index (χ0n) is 12.9. The van der Waals surface area contributed by atoms with Crippen LogP contribution in [0.2, 0.25) is 0 Å². The van der Waals surface area contributed by atoms with Crippen molar-refractivity contribution in [3.8, 4) is 11.5 Å². The van der Waals surface area contributed by atoms with Crippen molar-refractivity contribution in [3.05, 3.63) is 23.8 Å². The molecule has 0 aromatic heterocycles. The molecule has 21 heavy (non-hydrogen) atoms. The molecule has 0 saturated carbocycles. The van der Waals surface area contributed by atoms with Crippen LogP contribution in [-0.2, 0) is 6.54 Å². The summed E-state index contributed by atoms with van der Waals surface area (Å²) in [6.45, 7) is 8.05. The van der Waals surface area contributed by atoms with Crippen molar-refractivity contribution in [2.24, 2.45) is 0 Å². The minimum Gasteiger partial charge on any atom is -0.486 e. The van der Waals surface area contributed by atoms with Crippen LogP contribution in [0.4, 0.5) is 0 Å². The summed E-state index contributed by atoms with van der Waals surface area (Å²) in [5.74, 6) is 1.75. The molecular weight excluding hydrogens is 264 g/mol. The average molecular weight is 290 g/mol. The van der Waals surface area contributed by atoms with E-state index >= 15 is 0 Å². The van der Waals surface area contributed by atoms with E-state index in [1.807, 2.05) is 6.07 Å². The van der Waals surface area contributed by atoms with Crippen LogP contribution in [-0.4, -0.2) is 43.8 Å². The highest BCUT2D eigenvalue weighted by molar-refractivity contribution is 5.43. The number of rotatable bonds is 5. The zero-order valence-corrected chi connectivity index (χ0v) is 12.9. The standard InChI is InChI=1S/C17H26N2O2/c1-14(19-7-3-2-4-8-19)12-18-13-15-5-6-16-17(11-15)21-10-9-20-16/h5-6,11,14,18H,2-4,7-10,12-13H2,1H3. The third-order valence-corrected chi connectivity index (χ3v) is 4.39. The predicted molar refractivity (Wildman–Crippen MR) is 84.0 cm³/mol. The molecule has 0 amide bonds. The highest BCUT2D eigenvalue weighted by atomic mass is 16.6. The molecule has 2 heterocycles. The summed E-state index contributed by atoms with van der Waals surface area (Å²) in [6.07, 6.45) is 4.10. The van der Waals surface area contributed by atoms with Gasteiger partial charge in [0.05, 0.1) is 0 Å².